The van der Waals surface area contributed by atoms with Crippen molar-refractivity contribution >= 4 is 5.96 Å². The predicted molar refractivity (Wildman–Crippen MR) is 90.2 cm³/mol. The minimum Gasteiger partial charge on any atom is -0.383 e. The van der Waals surface area contributed by atoms with Gasteiger partial charge in [-0.05, 0) is 26.5 Å². The van der Waals surface area contributed by atoms with Crippen LogP contribution in [0.2, 0.25) is 0 Å². The van der Waals surface area contributed by atoms with E-state index in [-0.39, 0.29) is 0 Å². The van der Waals surface area contributed by atoms with Gasteiger partial charge in [0.2, 0.25) is 0 Å². The Morgan fingerprint density at radius 3 is 2.91 bits per heavy atom. The van der Waals surface area contributed by atoms with Gasteiger partial charge in [-0.2, -0.15) is 5.10 Å². The van der Waals surface area contributed by atoms with Crippen molar-refractivity contribution in [3.05, 3.63) is 18.5 Å². The predicted octanol–water partition coefficient (Wildman–Crippen LogP) is 0.407. The van der Waals surface area contributed by atoms with E-state index in [2.05, 4.69) is 39.6 Å². The minimum absolute atomic E-state index is 0.762. The standard InChI is InChI=1S/C15H30N6O/c1-4-16-15(18-9-12-20(2)13-14-22-3)17-7-5-10-21-11-6-8-19-21/h6,8,11H,4-5,7,9-10,12-14H2,1-3H3,(H2,16,17,18). The van der Waals surface area contributed by atoms with E-state index in [0.717, 1.165) is 58.3 Å². The number of rotatable bonds is 11. The first kappa shape index (κ1) is 18.4. The minimum atomic E-state index is 0.762. The van der Waals surface area contributed by atoms with E-state index in [1.165, 1.54) is 0 Å². The molecule has 0 unspecified atom stereocenters. The van der Waals surface area contributed by atoms with E-state index in [0.29, 0.717) is 0 Å². The lowest BCUT2D eigenvalue weighted by Gasteiger charge is -2.17. The zero-order chi connectivity index (χ0) is 16.0. The van der Waals surface area contributed by atoms with Gasteiger partial charge in [0.25, 0.3) is 0 Å². The van der Waals surface area contributed by atoms with E-state index >= 15 is 0 Å². The van der Waals surface area contributed by atoms with Crippen molar-refractivity contribution in [2.75, 3.05) is 53.5 Å². The van der Waals surface area contributed by atoms with Crippen LogP contribution in [0, 0.1) is 0 Å². The molecule has 0 spiro atoms. The van der Waals surface area contributed by atoms with E-state index in [9.17, 15) is 0 Å². The Morgan fingerprint density at radius 1 is 1.36 bits per heavy atom. The summed E-state index contributed by atoms with van der Waals surface area (Å²) in [6.07, 6.45) is 4.75. The first-order valence-corrected chi connectivity index (χ1v) is 7.93. The summed E-state index contributed by atoms with van der Waals surface area (Å²) in [5.74, 6) is 0.878. The number of aliphatic imine (C=N–C) groups is 1. The van der Waals surface area contributed by atoms with Gasteiger partial charge < -0.3 is 20.3 Å². The highest BCUT2D eigenvalue weighted by Gasteiger charge is 2.00. The summed E-state index contributed by atoms with van der Waals surface area (Å²) >= 11 is 0. The molecule has 0 radical (unpaired) electrons. The molecular formula is C15H30N6O. The fourth-order valence-corrected chi connectivity index (χ4v) is 1.92. The van der Waals surface area contributed by atoms with Gasteiger partial charge in [0.05, 0.1) is 6.61 Å². The molecule has 0 saturated heterocycles. The second kappa shape index (κ2) is 12.0. The van der Waals surface area contributed by atoms with Crippen LogP contribution in [0.5, 0.6) is 0 Å². The Hall–Kier alpha value is -1.60. The van der Waals surface area contributed by atoms with E-state index in [1.807, 2.05) is 16.9 Å². The number of likely N-dealkylation sites (N-methyl/N-ethyl adjacent to an activating group) is 1. The molecule has 1 heterocycles. The number of nitrogens with zero attached hydrogens (tertiary/aromatic N) is 4. The summed E-state index contributed by atoms with van der Waals surface area (Å²) in [5.41, 5.74) is 0. The Morgan fingerprint density at radius 2 is 2.23 bits per heavy atom. The average molecular weight is 310 g/mol. The molecule has 22 heavy (non-hydrogen) atoms. The van der Waals surface area contributed by atoms with Crippen LogP contribution in [0.3, 0.4) is 0 Å². The number of nitrogens with one attached hydrogen (secondary N) is 2. The third-order valence-corrected chi connectivity index (χ3v) is 3.18. The Balaban J connectivity index is 2.20. The van der Waals surface area contributed by atoms with Crippen molar-refractivity contribution < 1.29 is 4.74 Å². The Kier molecular flexibility index (Phi) is 10.1. The van der Waals surface area contributed by atoms with Gasteiger partial charge in [0.1, 0.15) is 0 Å². The SMILES string of the molecule is CCNC(=NCCCn1cccn1)NCCN(C)CCOC. The topological polar surface area (TPSA) is 66.7 Å². The maximum atomic E-state index is 5.07. The lowest BCUT2D eigenvalue weighted by Crippen LogP contribution is -2.41. The van der Waals surface area contributed by atoms with Gasteiger partial charge in [0.15, 0.2) is 5.96 Å². The normalized spacial score (nSPS) is 11.9. The largest absolute Gasteiger partial charge is 0.383 e. The molecule has 2 N–H and O–H groups in total. The molecule has 0 amide bonds. The number of hydrogen-bond acceptors (Lipinski definition) is 4. The highest BCUT2D eigenvalue weighted by Crippen LogP contribution is 1.90. The van der Waals surface area contributed by atoms with Gasteiger partial charge in [-0.25, -0.2) is 0 Å². The molecule has 126 valence electrons. The monoisotopic (exact) mass is 310 g/mol. The Bertz CT molecular complexity index is 393. The summed E-state index contributed by atoms with van der Waals surface area (Å²) < 4.78 is 7.00. The van der Waals surface area contributed by atoms with Gasteiger partial charge in [-0.1, -0.05) is 0 Å². The molecular weight excluding hydrogens is 280 g/mol. The van der Waals surface area contributed by atoms with Crippen LogP contribution in [-0.4, -0.2) is 74.1 Å². The van der Waals surface area contributed by atoms with Crippen LogP contribution in [0.25, 0.3) is 0 Å². The van der Waals surface area contributed by atoms with Crippen LogP contribution < -0.4 is 10.6 Å². The first-order valence-electron chi connectivity index (χ1n) is 7.93. The van der Waals surface area contributed by atoms with E-state index in [4.69, 9.17) is 4.74 Å². The lowest BCUT2D eigenvalue weighted by atomic mass is 10.4. The lowest BCUT2D eigenvalue weighted by molar-refractivity contribution is 0.162. The van der Waals surface area contributed by atoms with Gasteiger partial charge in [-0.3, -0.25) is 9.67 Å². The highest BCUT2D eigenvalue weighted by atomic mass is 16.5. The molecule has 0 fully saturated rings. The maximum Gasteiger partial charge on any atom is 0.191 e. The number of hydrogen-bond donors (Lipinski definition) is 2. The summed E-state index contributed by atoms with van der Waals surface area (Å²) in [7, 11) is 3.82. The molecule has 0 bridgehead atoms. The second-order valence-corrected chi connectivity index (χ2v) is 5.11. The van der Waals surface area contributed by atoms with Crippen molar-refractivity contribution in [3.8, 4) is 0 Å². The van der Waals surface area contributed by atoms with Crippen LogP contribution in [0.4, 0.5) is 0 Å². The van der Waals surface area contributed by atoms with Crippen LogP contribution >= 0.6 is 0 Å². The molecule has 7 nitrogen and oxygen atoms in total. The molecule has 1 aromatic rings. The van der Waals surface area contributed by atoms with Crippen molar-refractivity contribution in [2.45, 2.75) is 19.9 Å². The second-order valence-electron chi connectivity index (χ2n) is 5.11. The number of ether oxygens (including phenoxy) is 1. The number of aromatic nitrogens is 2. The van der Waals surface area contributed by atoms with Crippen molar-refractivity contribution in [1.82, 2.24) is 25.3 Å². The molecule has 7 heteroatoms. The average Bonchev–Trinajstić information content (AvgIpc) is 3.02. The fraction of sp³-hybridized carbons (Fsp3) is 0.733. The molecule has 0 aliphatic heterocycles. The third-order valence-electron chi connectivity index (χ3n) is 3.18. The fourth-order valence-electron chi connectivity index (χ4n) is 1.92. The van der Waals surface area contributed by atoms with Crippen molar-refractivity contribution in [1.29, 1.82) is 0 Å². The summed E-state index contributed by atoms with van der Waals surface area (Å²) in [6, 6.07) is 1.94. The molecule has 0 aliphatic rings. The zero-order valence-electron chi connectivity index (χ0n) is 14.1. The van der Waals surface area contributed by atoms with Crippen LogP contribution in [0.1, 0.15) is 13.3 Å². The Labute approximate surface area is 133 Å². The summed E-state index contributed by atoms with van der Waals surface area (Å²) in [4.78, 5) is 6.82. The molecule has 0 aliphatic carbocycles. The number of methoxy groups -OCH3 is 1. The molecule has 0 atom stereocenters. The van der Waals surface area contributed by atoms with Gasteiger partial charge >= 0.3 is 0 Å². The van der Waals surface area contributed by atoms with Gasteiger partial charge in [0, 0.05) is 58.8 Å². The molecule has 1 rings (SSSR count). The number of guanidine groups is 1. The van der Waals surface area contributed by atoms with Crippen LogP contribution in [0.15, 0.2) is 23.5 Å². The maximum absolute atomic E-state index is 5.07. The van der Waals surface area contributed by atoms with Gasteiger partial charge in [-0.15, -0.1) is 0 Å². The quantitative estimate of drug-likeness (QED) is 0.352. The van der Waals surface area contributed by atoms with Crippen LogP contribution in [-0.2, 0) is 11.3 Å². The highest BCUT2D eigenvalue weighted by molar-refractivity contribution is 5.79. The zero-order valence-corrected chi connectivity index (χ0v) is 14.1. The molecule has 0 aromatic carbocycles. The summed E-state index contributed by atoms with van der Waals surface area (Å²) in [6.45, 7) is 8.15. The van der Waals surface area contributed by atoms with E-state index < -0.39 is 0 Å². The smallest absolute Gasteiger partial charge is 0.191 e. The third kappa shape index (κ3) is 8.63. The van der Waals surface area contributed by atoms with Crippen molar-refractivity contribution in [3.63, 3.8) is 0 Å². The van der Waals surface area contributed by atoms with Crippen molar-refractivity contribution in [2.24, 2.45) is 4.99 Å². The first-order chi connectivity index (χ1) is 10.8. The van der Waals surface area contributed by atoms with E-state index in [1.54, 1.807) is 13.3 Å². The summed E-state index contributed by atoms with van der Waals surface area (Å²) in [5, 5.41) is 10.8. The molecule has 0 saturated carbocycles. The molecule has 1 aromatic heterocycles. The number of aryl methyl sites for hydroxylation is 1.